The molecule has 1 unspecified atom stereocenters. The van der Waals surface area contributed by atoms with Gasteiger partial charge in [0.05, 0.1) is 24.5 Å². The molecule has 4 aromatic rings. The summed E-state index contributed by atoms with van der Waals surface area (Å²) in [6.45, 7) is 0. The number of nitrogens with two attached hydrogens (primary N) is 1. The SMILES string of the molecule is COc1ccc(C2=Nc3occc3C(N)N2c2ccc(NC(=O)c3ccccc3F)cc2)cc1. The number of carbonyl (C=O) groups excluding carboxylic acids is 1. The van der Waals surface area contributed by atoms with Gasteiger partial charge in [0.1, 0.15) is 23.6 Å². The van der Waals surface area contributed by atoms with E-state index in [9.17, 15) is 9.18 Å². The van der Waals surface area contributed by atoms with E-state index in [1.165, 1.54) is 18.2 Å². The summed E-state index contributed by atoms with van der Waals surface area (Å²) >= 11 is 0. The van der Waals surface area contributed by atoms with E-state index < -0.39 is 17.9 Å². The molecule has 0 spiro atoms. The number of anilines is 2. The van der Waals surface area contributed by atoms with Crippen molar-refractivity contribution in [3.8, 4) is 5.75 Å². The molecule has 1 amide bonds. The standard InChI is InChI=1S/C26H21FN4O3/c1-33-19-12-6-16(7-13-19)24-30-26-21(14-15-34-26)23(28)31(24)18-10-8-17(9-11-18)29-25(32)20-4-2-3-5-22(20)27/h2-15,23H,28H2,1H3,(H,29,32). The number of halogens is 1. The quantitative estimate of drug-likeness (QED) is 0.429. The molecular formula is C26H21FN4O3. The molecule has 1 aromatic heterocycles. The van der Waals surface area contributed by atoms with Crippen molar-refractivity contribution >= 4 is 29.0 Å². The third-order valence-electron chi connectivity index (χ3n) is 5.58. The molecule has 0 saturated heterocycles. The summed E-state index contributed by atoms with van der Waals surface area (Å²) in [7, 11) is 1.61. The number of rotatable bonds is 5. The van der Waals surface area contributed by atoms with E-state index in [-0.39, 0.29) is 5.56 Å². The molecule has 3 aromatic carbocycles. The summed E-state index contributed by atoms with van der Waals surface area (Å²) in [6, 6.07) is 22.2. The smallest absolute Gasteiger partial charge is 0.258 e. The first-order valence-electron chi connectivity index (χ1n) is 10.6. The molecule has 0 radical (unpaired) electrons. The van der Waals surface area contributed by atoms with Crippen LogP contribution in [0.5, 0.6) is 5.75 Å². The van der Waals surface area contributed by atoms with Crippen LogP contribution in [0.1, 0.15) is 27.7 Å². The van der Waals surface area contributed by atoms with Crippen molar-refractivity contribution in [1.29, 1.82) is 0 Å². The van der Waals surface area contributed by atoms with Crippen LogP contribution in [0.4, 0.5) is 21.6 Å². The summed E-state index contributed by atoms with van der Waals surface area (Å²) < 4.78 is 24.7. The Morgan fingerprint density at radius 1 is 1.06 bits per heavy atom. The highest BCUT2D eigenvalue weighted by molar-refractivity contribution is 6.12. The highest BCUT2D eigenvalue weighted by Crippen LogP contribution is 2.38. The maximum Gasteiger partial charge on any atom is 0.258 e. The van der Waals surface area contributed by atoms with Crippen LogP contribution >= 0.6 is 0 Å². The van der Waals surface area contributed by atoms with E-state index >= 15 is 0 Å². The normalized spacial score (nSPS) is 14.9. The number of hydrogen-bond donors (Lipinski definition) is 2. The minimum Gasteiger partial charge on any atom is -0.497 e. The first-order valence-corrected chi connectivity index (χ1v) is 10.6. The molecule has 0 saturated carbocycles. The number of furan rings is 1. The van der Waals surface area contributed by atoms with Crippen molar-refractivity contribution < 1.29 is 18.3 Å². The predicted molar refractivity (Wildman–Crippen MR) is 128 cm³/mol. The molecule has 170 valence electrons. The number of aliphatic imine (C=N–C) groups is 1. The first-order chi connectivity index (χ1) is 16.5. The number of nitrogens with zero attached hydrogens (tertiary/aromatic N) is 2. The Bertz CT molecular complexity index is 1360. The first kappa shape index (κ1) is 21.4. The molecule has 3 N–H and O–H groups in total. The zero-order chi connectivity index (χ0) is 23.7. The maximum atomic E-state index is 13.9. The number of nitrogens with one attached hydrogen (secondary N) is 1. The van der Waals surface area contributed by atoms with Gasteiger partial charge in [0.2, 0.25) is 5.88 Å². The monoisotopic (exact) mass is 456 g/mol. The average molecular weight is 456 g/mol. The third kappa shape index (κ3) is 3.91. The van der Waals surface area contributed by atoms with Gasteiger partial charge in [-0.05, 0) is 66.7 Å². The lowest BCUT2D eigenvalue weighted by Gasteiger charge is -2.34. The van der Waals surface area contributed by atoms with Crippen LogP contribution in [0.2, 0.25) is 0 Å². The fraction of sp³-hybridized carbons (Fsp3) is 0.0769. The Labute approximate surface area is 195 Å². The second-order valence-electron chi connectivity index (χ2n) is 7.64. The number of fused-ring (bicyclic) bond motifs is 1. The number of methoxy groups -OCH3 is 1. The highest BCUT2D eigenvalue weighted by atomic mass is 19.1. The number of benzene rings is 3. The molecular weight excluding hydrogens is 435 g/mol. The van der Waals surface area contributed by atoms with Crippen molar-refractivity contribution in [3.05, 3.63) is 108 Å². The lowest BCUT2D eigenvalue weighted by molar-refractivity contribution is 0.102. The molecule has 1 atom stereocenters. The summed E-state index contributed by atoms with van der Waals surface area (Å²) in [5, 5.41) is 2.72. The van der Waals surface area contributed by atoms with Crippen LogP contribution in [0, 0.1) is 5.82 Å². The lowest BCUT2D eigenvalue weighted by atomic mass is 10.1. The molecule has 0 bridgehead atoms. The Kier molecular flexibility index (Phi) is 5.57. The molecule has 8 heteroatoms. The van der Waals surface area contributed by atoms with Gasteiger partial charge in [0.15, 0.2) is 0 Å². The molecule has 1 aliphatic rings. The number of hydrogen-bond acceptors (Lipinski definition) is 6. The van der Waals surface area contributed by atoms with Crippen LogP contribution in [-0.2, 0) is 0 Å². The van der Waals surface area contributed by atoms with Gasteiger partial charge in [0, 0.05) is 16.9 Å². The second kappa shape index (κ2) is 8.84. The van der Waals surface area contributed by atoms with Crippen LogP contribution in [0.3, 0.4) is 0 Å². The van der Waals surface area contributed by atoms with Crippen molar-refractivity contribution in [2.45, 2.75) is 6.17 Å². The van der Waals surface area contributed by atoms with Gasteiger partial charge in [0.25, 0.3) is 5.91 Å². The Hall–Kier alpha value is -4.43. The van der Waals surface area contributed by atoms with Gasteiger partial charge in [-0.2, -0.15) is 4.99 Å². The molecule has 0 fully saturated rings. The Morgan fingerprint density at radius 2 is 1.79 bits per heavy atom. The molecule has 1 aliphatic heterocycles. The third-order valence-corrected chi connectivity index (χ3v) is 5.58. The van der Waals surface area contributed by atoms with E-state index in [2.05, 4.69) is 5.32 Å². The zero-order valence-corrected chi connectivity index (χ0v) is 18.2. The average Bonchev–Trinajstić information content (AvgIpc) is 3.34. The number of ether oxygens (including phenoxy) is 1. The summed E-state index contributed by atoms with van der Waals surface area (Å²) in [5.74, 6) is 0.699. The Balaban J connectivity index is 1.46. The summed E-state index contributed by atoms with van der Waals surface area (Å²) in [6.07, 6.45) is 1.02. The second-order valence-corrected chi connectivity index (χ2v) is 7.64. The van der Waals surface area contributed by atoms with Crippen LogP contribution in [-0.4, -0.2) is 18.9 Å². The van der Waals surface area contributed by atoms with E-state index in [0.29, 0.717) is 17.4 Å². The van der Waals surface area contributed by atoms with Crippen LogP contribution in [0.25, 0.3) is 0 Å². The fourth-order valence-corrected chi connectivity index (χ4v) is 3.82. The van der Waals surface area contributed by atoms with Gasteiger partial charge < -0.3 is 25.1 Å². The molecule has 5 rings (SSSR count). The van der Waals surface area contributed by atoms with Gasteiger partial charge in [-0.25, -0.2) is 4.39 Å². The Morgan fingerprint density at radius 3 is 2.50 bits per heavy atom. The van der Waals surface area contributed by atoms with Gasteiger partial charge in [-0.3, -0.25) is 4.79 Å². The molecule has 0 aliphatic carbocycles. The van der Waals surface area contributed by atoms with Crippen molar-refractivity contribution in [3.63, 3.8) is 0 Å². The van der Waals surface area contributed by atoms with Crippen molar-refractivity contribution in [2.24, 2.45) is 10.7 Å². The number of amidine groups is 1. The summed E-state index contributed by atoms with van der Waals surface area (Å²) in [5.41, 5.74) is 9.46. The van der Waals surface area contributed by atoms with Gasteiger partial charge >= 0.3 is 0 Å². The minimum atomic E-state index is -0.577. The zero-order valence-electron chi connectivity index (χ0n) is 18.2. The van der Waals surface area contributed by atoms with E-state index in [1.54, 1.807) is 37.6 Å². The van der Waals surface area contributed by atoms with E-state index in [0.717, 1.165) is 22.6 Å². The molecule has 2 heterocycles. The number of carbonyl (C=O) groups is 1. The van der Waals surface area contributed by atoms with Crippen LogP contribution < -0.4 is 20.7 Å². The predicted octanol–water partition coefficient (Wildman–Crippen LogP) is 5.24. The molecule has 34 heavy (non-hydrogen) atoms. The van der Waals surface area contributed by atoms with E-state index in [1.807, 2.05) is 41.3 Å². The largest absolute Gasteiger partial charge is 0.497 e. The lowest BCUT2D eigenvalue weighted by Crippen LogP contribution is -2.41. The minimum absolute atomic E-state index is 0.0222. The summed E-state index contributed by atoms with van der Waals surface area (Å²) in [4.78, 5) is 19.0. The van der Waals surface area contributed by atoms with E-state index in [4.69, 9.17) is 19.9 Å². The highest BCUT2D eigenvalue weighted by Gasteiger charge is 2.31. The fourth-order valence-electron chi connectivity index (χ4n) is 3.82. The maximum absolute atomic E-state index is 13.9. The molecule has 7 nitrogen and oxygen atoms in total. The van der Waals surface area contributed by atoms with Gasteiger partial charge in [-0.15, -0.1) is 0 Å². The topological polar surface area (TPSA) is 93.1 Å². The van der Waals surface area contributed by atoms with Crippen molar-refractivity contribution in [1.82, 2.24) is 0 Å². The van der Waals surface area contributed by atoms with Gasteiger partial charge in [-0.1, -0.05) is 12.1 Å². The number of amides is 1. The van der Waals surface area contributed by atoms with Crippen LogP contribution in [0.15, 0.2) is 94.5 Å². The van der Waals surface area contributed by atoms with Crippen molar-refractivity contribution in [2.75, 3.05) is 17.3 Å².